The van der Waals surface area contributed by atoms with E-state index in [2.05, 4.69) is 22.7 Å². The van der Waals surface area contributed by atoms with Crippen LogP contribution in [-0.2, 0) is 11.3 Å². The minimum absolute atomic E-state index is 0.0391. The topological polar surface area (TPSA) is 78.0 Å². The SMILES string of the molecule is CCCn1nncc1C(NN)C1(OC)CCC1. The fourth-order valence-corrected chi connectivity index (χ4v) is 2.52. The van der Waals surface area contributed by atoms with Gasteiger partial charge in [0, 0.05) is 13.7 Å². The van der Waals surface area contributed by atoms with E-state index in [-0.39, 0.29) is 11.6 Å². The van der Waals surface area contributed by atoms with Gasteiger partial charge in [-0.15, -0.1) is 5.10 Å². The number of hydrogen-bond acceptors (Lipinski definition) is 5. The van der Waals surface area contributed by atoms with Gasteiger partial charge in [-0.3, -0.25) is 5.84 Å². The Labute approximate surface area is 101 Å². The summed E-state index contributed by atoms with van der Waals surface area (Å²) in [7, 11) is 1.75. The molecule has 96 valence electrons. The highest BCUT2D eigenvalue weighted by Crippen LogP contribution is 2.44. The molecular weight excluding hydrogens is 218 g/mol. The van der Waals surface area contributed by atoms with E-state index in [1.54, 1.807) is 13.3 Å². The molecule has 1 aromatic heterocycles. The van der Waals surface area contributed by atoms with Gasteiger partial charge in [0.25, 0.3) is 0 Å². The molecule has 0 aromatic carbocycles. The van der Waals surface area contributed by atoms with Crippen molar-refractivity contribution in [3.8, 4) is 0 Å². The molecule has 1 aliphatic carbocycles. The number of nitrogens with two attached hydrogens (primary N) is 1. The molecule has 0 amide bonds. The minimum Gasteiger partial charge on any atom is -0.376 e. The molecule has 0 saturated heterocycles. The van der Waals surface area contributed by atoms with Crippen LogP contribution >= 0.6 is 0 Å². The van der Waals surface area contributed by atoms with E-state index in [4.69, 9.17) is 10.6 Å². The number of aryl methyl sites for hydroxylation is 1. The summed E-state index contributed by atoms with van der Waals surface area (Å²) < 4.78 is 7.58. The van der Waals surface area contributed by atoms with Gasteiger partial charge < -0.3 is 4.74 Å². The summed E-state index contributed by atoms with van der Waals surface area (Å²) in [6, 6.07) is -0.0391. The largest absolute Gasteiger partial charge is 0.376 e. The van der Waals surface area contributed by atoms with E-state index in [0.717, 1.165) is 31.5 Å². The highest BCUT2D eigenvalue weighted by atomic mass is 16.5. The lowest BCUT2D eigenvalue weighted by Gasteiger charge is -2.45. The summed E-state index contributed by atoms with van der Waals surface area (Å²) in [5, 5.41) is 8.07. The molecule has 0 spiro atoms. The molecule has 1 heterocycles. The third-order valence-corrected chi connectivity index (χ3v) is 3.68. The maximum absolute atomic E-state index is 5.70. The Morgan fingerprint density at radius 1 is 1.65 bits per heavy atom. The smallest absolute Gasteiger partial charge is 0.0934 e. The van der Waals surface area contributed by atoms with Crippen molar-refractivity contribution in [1.82, 2.24) is 20.4 Å². The Bertz CT molecular complexity index is 355. The van der Waals surface area contributed by atoms with Gasteiger partial charge in [0.15, 0.2) is 0 Å². The summed E-state index contributed by atoms with van der Waals surface area (Å²) in [5.74, 6) is 5.70. The van der Waals surface area contributed by atoms with Crippen LogP contribution in [0.5, 0.6) is 0 Å². The Balaban J connectivity index is 2.25. The Kier molecular flexibility index (Phi) is 3.76. The molecule has 1 fully saturated rings. The van der Waals surface area contributed by atoms with Gasteiger partial charge in [-0.05, 0) is 25.7 Å². The highest BCUT2D eigenvalue weighted by molar-refractivity contribution is 5.13. The Morgan fingerprint density at radius 2 is 2.41 bits per heavy atom. The van der Waals surface area contributed by atoms with Crippen molar-refractivity contribution in [2.75, 3.05) is 7.11 Å². The first-order valence-corrected chi connectivity index (χ1v) is 6.17. The molecule has 17 heavy (non-hydrogen) atoms. The number of aromatic nitrogens is 3. The van der Waals surface area contributed by atoms with E-state index in [1.807, 2.05) is 4.68 Å². The minimum atomic E-state index is -0.193. The second-order valence-corrected chi connectivity index (χ2v) is 4.60. The maximum Gasteiger partial charge on any atom is 0.0934 e. The van der Waals surface area contributed by atoms with Crippen LogP contribution in [0.3, 0.4) is 0 Å². The van der Waals surface area contributed by atoms with E-state index in [9.17, 15) is 0 Å². The third-order valence-electron chi connectivity index (χ3n) is 3.68. The molecule has 6 nitrogen and oxygen atoms in total. The Morgan fingerprint density at radius 3 is 2.88 bits per heavy atom. The lowest BCUT2D eigenvalue weighted by Crippen LogP contribution is -2.53. The predicted octanol–water partition coefficient (Wildman–Crippen LogP) is 0.762. The van der Waals surface area contributed by atoms with Gasteiger partial charge in [0.05, 0.1) is 23.5 Å². The molecule has 1 saturated carbocycles. The Hall–Kier alpha value is -0.980. The van der Waals surface area contributed by atoms with Gasteiger partial charge in [0.2, 0.25) is 0 Å². The van der Waals surface area contributed by atoms with Crippen LogP contribution in [0.25, 0.3) is 0 Å². The van der Waals surface area contributed by atoms with Crippen molar-refractivity contribution in [3.05, 3.63) is 11.9 Å². The van der Waals surface area contributed by atoms with Crippen molar-refractivity contribution in [2.45, 2.75) is 50.8 Å². The third kappa shape index (κ3) is 2.08. The van der Waals surface area contributed by atoms with Crippen LogP contribution in [0.2, 0.25) is 0 Å². The molecule has 1 unspecified atom stereocenters. The predicted molar refractivity (Wildman–Crippen MR) is 64.0 cm³/mol. The lowest BCUT2D eigenvalue weighted by molar-refractivity contribution is -0.102. The number of nitrogens with one attached hydrogen (secondary N) is 1. The van der Waals surface area contributed by atoms with Crippen LogP contribution < -0.4 is 11.3 Å². The zero-order valence-corrected chi connectivity index (χ0v) is 10.5. The first kappa shape index (κ1) is 12.5. The second kappa shape index (κ2) is 5.12. The molecule has 0 radical (unpaired) electrons. The van der Waals surface area contributed by atoms with Crippen molar-refractivity contribution in [2.24, 2.45) is 5.84 Å². The highest BCUT2D eigenvalue weighted by Gasteiger charge is 2.46. The first-order valence-electron chi connectivity index (χ1n) is 6.17. The monoisotopic (exact) mass is 239 g/mol. The molecule has 0 bridgehead atoms. The van der Waals surface area contributed by atoms with Crippen molar-refractivity contribution in [1.29, 1.82) is 0 Å². The summed E-state index contributed by atoms with van der Waals surface area (Å²) in [4.78, 5) is 0. The normalized spacial score (nSPS) is 19.9. The van der Waals surface area contributed by atoms with Crippen LogP contribution in [0.15, 0.2) is 6.20 Å². The van der Waals surface area contributed by atoms with Gasteiger partial charge in [-0.25, -0.2) is 10.1 Å². The first-order chi connectivity index (χ1) is 8.27. The van der Waals surface area contributed by atoms with E-state index in [1.165, 1.54) is 6.42 Å². The standard InChI is InChI=1S/C11H21N5O/c1-3-7-16-9(8-13-15-16)10(14-12)11(17-2)5-4-6-11/h8,10,14H,3-7,12H2,1-2H3. The number of hydrogen-bond donors (Lipinski definition) is 2. The van der Waals surface area contributed by atoms with Gasteiger partial charge in [0.1, 0.15) is 0 Å². The second-order valence-electron chi connectivity index (χ2n) is 4.60. The van der Waals surface area contributed by atoms with Crippen LogP contribution in [0, 0.1) is 0 Å². The fraction of sp³-hybridized carbons (Fsp3) is 0.818. The van der Waals surface area contributed by atoms with Gasteiger partial charge in [-0.1, -0.05) is 12.1 Å². The lowest BCUT2D eigenvalue weighted by atomic mass is 9.73. The molecule has 2 rings (SSSR count). The van der Waals surface area contributed by atoms with Crippen LogP contribution in [-0.4, -0.2) is 27.7 Å². The average molecular weight is 239 g/mol. The van der Waals surface area contributed by atoms with Crippen molar-refractivity contribution in [3.63, 3.8) is 0 Å². The average Bonchev–Trinajstić information content (AvgIpc) is 2.72. The quantitative estimate of drug-likeness (QED) is 0.566. The molecule has 6 heteroatoms. The number of nitrogens with zero attached hydrogens (tertiary/aromatic N) is 3. The summed E-state index contributed by atoms with van der Waals surface area (Å²) >= 11 is 0. The van der Waals surface area contributed by atoms with E-state index < -0.39 is 0 Å². The molecule has 3 N–H and O–H groups in total. The fourth-order valence-electron chi connectivity index (χ4n) is 2.52. The summed E-state index contributed by atoms with van der Waals surface area (Å²) in [6.45, 7) is 2.97. The zero-order valence-electron chi connectivity index (χ0n) is 10.5. The number of rotatable bonds is 6. The van der Waals surface area contributed by atoms with E-state index in [0.29, 0.717) is 0 Å². The molecule has 1 aliphatic rings. The molecule has 1 aromatic rings. The molecular formula is C11H21N5O. The van der Waals surface area contributed by atoms with Crippen molar-refractivity contribution >= 4 is 0 Å². The molecule has 1 atom stereocenters. The molecule has 0 aliphatic heterocycles. The number of methoxy groups -OCH3 is 1. The summed E-state index contributed by atoms with van der Waals surface area (Å²) in [5.41, 5.74) is 3.69. The van der Waals surface area contributed by atoms with Crippen molar-refractivity contribution < 1.29 is 4.74 Å². The maximum atomic E-state index is 5.70. The number of hydrazine groups is 1. The zero-order chi connectivity index (χ0) is 12.3. The summed E-state index contributed by atoms with van der Waals surface area (Å²) in [6.07, 6.45) is 6.03. The number of ether oxygens (including phenoxy) is 1. The van der Waals surface area contributed by atoms with Crippen LogP contribution in [0.1, 0.15) is 44.3 Å². The van der Waals surface area contributed by atoms with Crippen LogP contribution in [0.4, 0.5) is 0 Å². The van der Waals surface area contributed by atoms with Gasteiger partial charge >= 0.3 is 0 Å². The van der Waals surface area contributed by atoms with E-state index >= 15 is 0 Å². The van der Waals surface area contributed by atoms with Gasteiger partial charge in [-0.2, -0.15) is 0 Å².